The van der Waals surface area contributed by atoms with E-state index in [1.165, 1.54) is 0 Å². The van der Waals surface area contributed by atoms with Crippen LogP contribution in [0.4, 0.5) is 0 Å². The first-order valence-electron chi connectivity index (χ1n) is 0.805. The summed E-state index contributed by atoms with van der Waals surface area (Å²) in [5.74, 6) is 0. The molecule has 4 nitrogen and oxygen atoms in total. The van der Waals surface area contributed by atoms with Crippen LogP contribution in [0.5, 0.6) is 0 Å². The van der Waals surface area contributed by atoms with Gasteiger partial charge in [0, 0.05) is 16.5 Å². The van der Waals surface area contributed by atoms with Crippen molar-refractivity contribution in [2.75, 3.05) is 0 Å². The molecule has 4 N–H and O–H groups in total. The van der Waals surface area contributed by atoms with Crippen LogP contribution in [0.1, 0.15) is 0 Å². The summed E-state index contributed by atoms with van der Waals surface area (Å²) in [5.41, 5.74) is 0. The topological polar surface area (TPSA) is 86.2 Å². The Balaban J connectivity index is 0. The molecule has 0 bridgehead atoms. The molecule has 0 unspecified atom stereocenters. The van der Waals surface area contributed by atoms with Gasteiger partial charge in [0.1, 0.15) is 0 Å². The average Bonchev–Trinajstić information content (AvgIpc) is 0.722. The first-order valence-corrected chi connectivity index (χ1v) is 2.41. The SMILES string of the molecule is NS(N)(=O)=O.[Ni]. The van der Waals surface area contributed by atoms with Crippen LogP contribution >= 0.6 is 0 Å². The molecule has 0 fully saturated rings. The zero-order valence-electron chi connectivity index (χ0n) is 2.70. The first kappa shape index (κ1) is 9.61. The minimum absolute atomic E-state index is 0. The molecular formula is H4N2NiO2S. The van der Waals surface area contributed by atoms with Gasteiger partial charge in [0.2, 0.25) is 0 Å². The molecule has 0 aliphatic heterocycles. The van der Waals surface area contributed by atoms with Crippen molar-refractivity contribution in [1.29, 1.82) is 0 Å². The largest absolute Gasteiger partial charge is 0.271 e. The van der Waals surface area contributed by atoms with E-state index >= 15 is 0 Å². The van der Waals surface area contributed by atoms with Gasteiger partial charge in [-0.2, -0.15) is 8.42 Å². The quantitative estimate of drug-likeness (QED) is 0.402. The Morgan fingerprint density at radius 1 is 1.17 bits per heavy atom. The van der Waals surface area contributed by atoms with Crippen LogP contribution in [0.3, 0.4) is 0 Å². The smallest absolute Gasteiger partial charge is 0.216 e. The summed E-state index contributed by atoms with van der Waals surface area (Å²) in [7, 11) is -3.67. The van der Waals surface area contributed by atoms with Gasteiger partial charge >= 0.3 is 0 Å². The van der Waals surface area contributed by atoms with Gasteiger partial charge in [0.05, 0.1) is 0 Å². The van der Waals surface area contributed by atoms with Crippen LogP contribution in [-0.4, -0.2) is 8.42 Å². The molecule has 0 spiro atoms. The molecule has 0 saturated heterocycles. The van der Waals surface area contributed by atoms with Crippen molar-refractivity contribution in [1.82, 2.24) is 0 Å². The Labute approximate surface area is 46.0 Å². The number of rotatable bonds is 0. The van der Waals surface area contributed by atoms with E-state index in [1.807, 2.05) is 0 Å². The van der Waals surface area contributed by atoms with Crippen molar-refractivity contribution in [2.24, 2.45) is 10.3 Å². The van der Waals surface area contributed by atoms with E-state index in [9.17, 15) is 8.42 Å². The van der Waals surface area contributed by atoms with Crippen molar-refractivity contribution in [3.8, 4) is 0 Å². The second-order valence-corrected chi connectivity index (χ2v) is 1.77. The van der Waals surface area contributed by atoms with Crippen LogP contribution in [0.15, 0.2) is 0 Å². The molecule has 0 amide bonds. The first-order chi connectivity index (χ1) is 2.00. The van der Waals surface area contributed by atoms with Gasteiger partial charge in [0.25, 0.3) is 10.2 Å². The molecule has 0 heterocycles. The van der Waals surface area contributed by atoms with Gasteiger partial charge < -0.3 is 0 Å². The molecule has 0 saturated carbocycles. The Bertz CT molecular complexity index is 94.7. The van der Waals surface area contributed by atoms with Gasteiger partial charge in [-0.25, -0.2) is 10.3 Å². The van der Waals surface area contributed by atoms with Crippen molar-refractivity contribution in [3.63, 3.8) is 0 Å². The summed E-state index contributed by atoms with van der Waals surface area (Å²) in [6.45, 7) is 0. The molecule has 0 aromatic heterocycles. The number of hydrogen-bond acceptors (Lipinski definition) is 2. The predicted octanol–water partition coefficient (Wildman–Crippen LogP) is -1.85. The summed E-state index contributed by atoms with van der Waals surface area (Å²) in [6, 6.07) is 0. The predicted molar refractivity (Wildman–Crippen MR) is 17.3 cm³/mol. The second-order valence-electron chi connectivity index (χ2n) is 0.589. The zero-order chi connectivity index (χ0) is 4.50. The molecule has 42 valence electrons. The fraction of sp³-hybridized carbons (Fsp3) is 0. The van der Waals surface area contributed by atoms with Crippen molar-refractivity contribution >= 4 is 10.2 Å². The van der Waals surface area contributed by atoms with Crippen LogP contribution in [0.2, 0.25) is 0 Å². The third-order valence-corrected chi connectivity index (χ3v) is 0. The summed E-state index contributed by atoms with van der Waals surface area (Å²) < 4.78 is 18.4. The minimum Gasteiger partial charge on any atom is -0.216 e. The van der Waals surface area contributed by atoms with Crippen molar-refractivity contribution < 1.29 is 24.9 Å². The zero-order valence-corrected chi connectivity index (χ0v) is 4.50. The van der Waals surface area contributed by atoms with Crippen molar-refractivity contribution in [3.05, 3.63) is 0 Å². The van der Waals surface area contributed by atoms with Crippen LogP contribution in [0, 0.1) is 0 Å². The third kappa shape index (κ3) is 374. The summed E-state index contributed by atoms with van der Waals surface area (Å²) >= 11 is 0. The summed E-state index contributed by atoms with van der Waals surface area (Å²) in [4.78, 5) is 0. The molecule has 0 aliphatic rings. The molecule has 0 radical (unpaired) electrons. The van der Waals surface area contributed by atoms with Gasteiger partial charge in [0.15, 0.2) is 0 Å². The molecule has 0 aromatic rings. The molecular weight excluding hydrogens is 151 g/mol. The van der Waals surface area contributed by atoms with E-state index in [4.69, 9.17) is 0 Å². The number of hydrogen-bond donors (Lipinski definition) is 2. The van der Waals surface area contributed by atoms with Crippen LogP contribution < -0.4 is 10.3 Å². The molecule has 0 rings (SSSR count). The maximum Gasteiger partial charge on any atom is 0.271 e. The van der Waals surface area contributed by atoms with Gasteiger partial charge in [-0.1, -0.05) is 0 Å². The maximum absolute atomic E-state index is 9.19. The van der Waals surface area contributed by atoms with Crippen molar-refractivity contribution in [2.45, 2.75) is 0 Å². The summed E-state index contributed by atoms with van der Waals surface area (Å²) in [6.07, 6.45) is 0. The van der Waals surface area contributed by atoms with E-state index in [0.29, 0.717) is 0 Å². The molecule has 0 aromatic carbocycles. The van der Waals surface area contributed by atoms with E-state index < -0.39 is 10.2 Å². The molecule has 0 atom stereocenters. The van der Waals surface area contributed by atoms with E-state index in [1.54, 1.807) is 0 Å². The summed E-state index contributed by atoms with van der Waals surface area (Å²) in [5, 5.41) is 8.21. The monoisotopic (exact) mass is 154 g/mol. The fourth-order valence-corrected chi connectivity index (χ4v) is 0. The Kier molecular flexibility index (Phi) is 4.04. The third-order valence-electron chi connectivity index (χ3n) is 0. The Morgan fingerprint density at radius 3 is 1.17 bits per heavy atom. The maximum atomic E-state index is 9.19. The van der Waals surface area contributed by atoms with Crippen LogP contribution in [-0.2, 0) is 26.7 Å². The van der Waals surface area contributed by atoms with E-state index in [2.05, 4.69) is 10.3 Å². The van der Waals surface area contributed by atoms with Gasteiger partial charge in [-0.3, -0.25) is 0 Å². The molecule has 6 heavy (non-hydrogen) atoms. The van der Waals surface area contributed by atoms with E-state index in [0.717, 1.165) is 0 Å². The standard InChI is InChI=1S/H4N2O2S.Ni/c1-5(2,3)4;/h(H4,1,2,3,4);. The molecule has 0 aliphatic carbocycles. The fourth-order valence-electron chi connectivity index (χ4n) is 0. The average molecular weight is 155 g/mol. The van der Waals surface area contributed by atoms with Gasteiger partial charge in [-0.15, -0.1) is 0 Å². The second kappa shape index (κ2) is 2.52. The normalized spacial score (nSPS) is 9.67. The Morgan fingerprint density at radius 2 is 1.17 bits per heavy atom. The molecule has 6 heteroatoms. The van der Waals surface area contributed by atoms with E-state index in [-0.39, 0.29) is 16.5 Å². The minimum atomic E-state index is -3.67. The van der Waals surface area contributed by atoms with Gasteiger partial charge in [-0.05, 0) is 0 Å². The Hall–Kier alpha value is 0.364. The van der Waals surface area contributed by atoms with Crippen LogP contribution in [0.25, 0.3) is 0 Å². The number of nitrogens with two attached hydrogens (primary N) is 2.